The summed E-state index contributed by atoms with van der Waals surface area (Å²) in [4.78, 5) is 0. The van der Waals surface area contributed by atoms with E-state index in [0.29, 0.717) is 11.3 Å². The molecule has 0 aliphatic heterocycles. The SMILES string of the molecule is CCCCC(C)C(C)C1CC1(C)CC(C)C=CC(C)C(C)C. The predicted molar refractivity (Wildman–Crippen MR) is 101 cm³/mol. The van der Waals surface area contributed by atoms with Crippen molar-refractivity contribution in [2.45, 2.75) is 87.5 Å². The third-order valence-corrected chi connectivity index (χ3v) is 6.55. The first kappa shape index (κ1) is 19.8. The van der Waals surface area contributed by atoms with E-state index < -0.39 is 0 Å². The van der Waals surface area contributed by atoms with Crippen LogP contribution in [-0.2, 0) is 0 Å². The maximum atomic E-state index is 2.54. The van der Waals surface area contributed by atoms with E-state index in [-0.39, 0.29) is 0 Å². The summed E-state index contributed by atoms with van der Waals surface area (Å²) >= 11 is 0. The van der Waals surface area contributed by atoms with Gasteiger partial charge in [-0.1, -0.05) is 86.8 Å². The van der Waals surface area contributed by atoms with Gasteiger partial charge in [0.1, 0.15) is 0 Å². The largest absolute Gasteiger partial charge is 0.0854 e. The molecular weight excluding hydrogens is 264 g/mol. The van der Waals surface area contributed by atoms with Gasteiger partial charge in [-0.15, -0.1) is 0 Å². The molecule has 0 N–H and O–H groups in total. The minimum atomic E-state index is 0.616. The average Bonchev–Trinajstić information content (AvgIpc) is 3.12. The fourth-order valence-corrected chi connectivity index (χ4v) is 4.08. The molecule has 22 heavy (non-hydrogen) atoms. The summed E-state index contributed by atoms with van der Waals surface area (Å²) in [5.74, 6) is 4.97. The van der Waals surface area contributed by atoms with Gasteiger partial charge in [0.2, 0.25) is 0 Å². The minimum absolute atomic E-state index is 0.616. The molecule has 0 aromatic rings. The van der Waals surface area contributed by atoms with Gasteiger partial charge in [0.15, 0.2) is 0 Å². The van der Waals surface area contributed by atoms with Gasteiger partial charge in [0.25, 0.3) is 0 Å². The van der Waals surface area contributed by atoms with Crippen LogP contribution in [0, 0.1) is 40.9 Å². The Hall–Kier alpha value is -0.260. The molecule has 0 heterocycles. The standard InChI is InChI=1S/C22H42/c1-9-10-11-19(6)20(7)21-15-22(21,8)14-17(4)12-13-18(5)16(2)3/h12-13,16-21H,9-11,14-15H2,1-8H3. The van der Waals surface area contributed by atoms with E-state index in [1.807, 2.05) is 0 Å². The molecular formula is C22H42. The first-order valence-corrected chi connectivity index (χ1v) is 9.89. The Labute approximate surface area is 141 Å². The van der Waals surface area contributed by atoms with Crippen LogP contribution < -0.4 is 0 Å². The molecule has 1 fully saturated rings. The van der Waals surface area contributed by atoms with Crippen LogP contribution in [0.3, 0.4) is 0 Å². The molecule has 1 rings (SSSR count). The van der Waals surface area contributed by atoms with Gasteiger partial charge in [-0.25, -0.2) is 0 Å². The number of hydrogen-bond acceptors (Lipinski definition) is 0. The highest BCUT2D eigenvalue weighted by Gasteiger charge is 2.52. The van der Waals surface area contributed by atoms with Crippen molar-refractivity contribution in [2.24, 2.45) is 40.9 Å². The maximum absolute atomic E-state index is 2.54. The lowest BCUT2D eigenvalue weighted by Crippen LogP contribution is -2.15. The zero-order chi connectivity index (χ0) is 16.9. The molecule has 1 aliphatic rings. The molecule has 1 saturated carbocycles. The van der Waals surface area contributed by atoms with Crippen LogP contribution in [0.4, 0.5) is 0 Å². The van der Waals surface area contributed by atoms with E-state index in [4.69, 9.17) is 0 Å². The molecule has 0 spiro atoms. The molecule has 0 aromatic carbocycles. The van der Waals surface area contributed by atoms with Crippen molar-refractivity contribution < 1.29 is 0 Å². The molecule has 130 valence electrons. The van der Waals surface area contributed by atoms with E-state index in [1.54, 1.807) is 0 Å². The molecule has 0 amide bonds. The lowest BCUT2D eigenvalue weighted by atomic mass is 9.82. The lowest BCUT2D eigenvalue weighted by molar-refractivity contribution is 0.267. The van der Waals surface area contributed by atoms with Gasteiger partial charge < -0.3 is 0 Å². The third-order valence-electron chi connectivity index (χ3n) is 6.55. The van der Waals surface area contributed by atoms with Gasteiger partial charge in [0, 0.05) is 0 Å². The zero-order valence-corrected chi connectivity index (χ0v) is 16.7. The van der Waals surface area contributed by atoms with Crippen LogP contribution in [0.25, 0.3) is 0 Å². The molecule has 0 saturated heterocycles. The Kier molecular flexibility index (Phi) is 7.69. The summed E-state index contributed by atoms with van der Waals surface area (Å²) in [5.41, 5.74) is 0.616. The second kappa shape index (κ2) is 8.55. The van der Waals surface area contributed by atoms with Crippen molar-refractivity contribution in [1.82, 2.24) is 0 Å². The second-order valence-corrected chi connectivity index (χ2v) is 9.11. The Bertz CT molecular complexity index is 340. The van der Waals surface area contributed by atoms with Gasteiger partial charge >= 0.3 is 0 Å². The molecule has 0 heteroatoms. The Morgan fingerprint density at radius 3 is 2.23 bits per heavy atom. The fraction of sp³-hybridized carbons (Fsp3) is 0.909. The van der Waals surface area contributed by atoms with Crippen LogP contribution in [0.15, 0.2) is 12.2 Å². The third kappa shape index (κ3) is 5.74. The van der Waals surface area contributed by atoms with Gasteiger partial charge in [0.05, 0.1) is 0 Å². The number of hydrogen-bond donors (Lipinski definition) is 0. The van der Waals surface area contributed by atoms with Gasteiger partial charge in [-0.05, 0) is 53.8 Å². The molecule has 0 nitrogen and oxygen atoms in total. The van der Waals surface area contributed by atoms with Crippen molar-refractivity contribution in [1.29, 1.82) is 0 Å². The minimum Gasteiger partial charge on any atom is -0.0854 e. The summed E-state index contributed by atoms with van der Waals surface area (Å²) in [7, 11) is 0. The summed E-state index contributed by atoms with van der Waals surface area (Å²) in [6, 6.07) is 0. The van der Waals surface area contributed by atoms with E-state index in [0.717, 1.165) is 29.6 Å². The first-order chi connectivity index (χ1) is 10.2. The second-order valence-electron chi connectivity index (χ2n) is 9.11. The average molecular weight is 307 g/mol. The molecule has 1 aliphatic carbocycles. The molecule has 0 radical (unpaired) electrons. The van der Waals surface area contributed by atoms with E-state index in [9.17, 15) is 0 Å². The van der Waals surface area contributed by atoms with Crippen LogP contribution in [0.2, 0.25) is 0 Å². The molecule has 6 atom stereocenters. The van der Waals surface area contributed by atoms with E-state index in [2.05, 4.69) is 67.5 Å². The van der Waals surface area contributed by atoms with Crippen LogP contribution in [0.1, 0.15) is 87.5 Å². The summed E-state index contributed by atoms with van der Waals surface area (Å²) in [5, 5.41) is 0. The number of unbranched alkanes of at least 4 members (excludes halogenated alkanes) is 1. The summed E-state index contributed by atoms with van der Waals surface area (Å²) in [6.07, 6.45) is 11.9. The molecule has 0 bridgehead atoms. The smallest absolute Gasteiger partial charge is 0.0239 e. The Morgan fingerprint density at radius 2 is 1.68 bits per heavy atom. The van der Waals surface area contributed by atoms with Crippen molar-refractivity contribution >= 4 is 0 Å². The van der Waals surface area contributed by atoms with Gasteiger partial charge in [-0.3, -0.25) is 0 Å². The highest BCUT2D eigenvalue weighted by molar-refractivity contribution is 5.05. The Balaban J connectivity index is 2.43. The van der Waals surface area contributed by atoms with E-state index in [1.165, 1.54) is 32.1 Å². The zero-order valence-electron chi connectivity index (χ0n) is 16.7. The summed E-state index contributed by atoms with van der Waals surface area (Å²) in [6.45, 7) is 19.2. The predicted octanol–water partition coefficient (Wildman–Crippen LogP) is 7.35. The number of rotatable bonds is 10. The molecule has 6 unspecified atom stereocenters. The van der Waals surface area contributed by atoms with E-state index >= 15 is 0 Å². The van der Waals surface area contributed by atoms with Gasteiger partial charge in [-0.2, -0.15) is 0 Å². The maximum Gasteiger partial charge on any atom is -0.0239 e. The summed E-state index contributed by atoms with van der Waals surface area (Å²) < 4.78 is 0. The van der Waals surface area contributed by atoms with Crippen LogP contribution >= 0.6 is 0 Å². The monoisotopic (exact) mass is 306 g/mol. The normalized spacial score (nSPS) is 30.5. The quantitative estimate of drug-likeness (QED) is 0.370. The first-order valence-electron chi connectivity index (χ1n) is 9.89. The number of allylic oxidation sites excluding steroid dienone is 2. The van der Waals surface area contributed by atoms with Crippen molar-refractivity contribution in [2.75, 3.05) is 0 Å². The highest BCUT2D eigenvalue weighted by atomic mass is 14.6. The lowest BCUT2D eigenvalue weighted by Gasteiger charge is -2.24. The van der Waals surface area contributed by atoms with Crippen molar-refractivity contribution in [3.63, 3.8) is 0 Å². The Morgan fingerprint density at radius 1 is 1.05 bits per heavy atom. The fourth-order valence-electron chi connectivity index (χ4n) is 4.08. The topological polar surface area (TPSA) is 0 Å². The van der Waals surface area contributed by atoms with Crippen molar-refractivity contribution in [3.05, 3.63) is 12.2 Å². The van der Waals surface area contributed by atoms with Crippen molar-refractivity contribution in [3.8, 4) is 0 Å². The van der Waals surface area contributed by atoms with Crippen LogP contribution in [0.5, 0.6) is 0 Å². The molecule has 0 aromatic heterocycles. The van der Waals surface area contributed by atoms with Crippen LogP contribution in [-0.4, -0.2) is 0 Å². The highest BCUT2D eigenvalue weighted by Crippen LogP contribution is 2.61.